The first kappa shape index (κ1) is 62.3. The number of unbranched alkanes of at least 4 members (excludes halogenated alkanes) is 11. The average Bonchev–Trinajstić information content (AvgIpc) is 3.36. The molecule has 0 aromatic heterocycles. The molecule has 0 bridgehead atoms. The highest BCUT2D eigenvalue weighted by Crippen LogP contribution is 2.23. The van der Waals surface area contributed by atoms with Crippen LogP contribution in [0, 0.1) is 142 Å². The van der Waals surface area contributed by atoms with Crippen LogP contribution in [0.4, 0.5) is 4.79 Å². The summed E-state index contributed by atoms with van der Waals surface area (Å²) in [6, 6.07) is -1.33. The van der Waals surface area contributed by atoms with Gasteiger partial charge < -0.3 is 59.9 Å². The van der Waals surface area contributed by atoms with Crippen LogP contribution < -0.4 is 10.6 Å². The molecule has 0 aliphatic carbocycles. The highest BCUT2D eigenvalue weighted by Gasteiger charge is 2.45. The van der Waals surface area contributed by atoms with E-state index in [1.54, 1.807) is 6.92 Å². The Hall–Kier alpha value is -7.68. The van der Waals surface area contributed by atoms with E-state index < -0.39 is 86.9 Å². The highest BCUT2D eigenvalue weighted by atomic mass is 16.7. The maximum atomic E-state index is 12.9. The molecule has 0 saturated carbocycles. The van der Waals surface area contributed by atoms with Gasteiger partial charge in [-0.3, -0.25) is 9.59 Å². The summed E-state index contributed by atoms with van der Waals surface area (Å²) in [5.41, 5.74) is 0. The zero-order valence-electron chi connectivity index (χ0n) is 40.8. The summed E-state index contributed by atoms with van der Waals surface area (Å²) in [5, 5.41) is 58.7. The van der Waals surface area contributed by atoms with Gasteiger partial charge in [0, 0.05) is 54.4 Å². The Morgan fingerprint density at radius 3 is 1.51 bits per heavy atom. The van der Waals surface area contributed by atoms with Gasteiger partial charge in [-0.05, 0) is 115 Å². The van der Waals surface area contributed by atoms with Crippen LogP contribution in [0.25, 0.3) is 0 Å². The van der Waals surface area contributed by atoms with Crippen LogP contribution in [0.1, 0.15) is 117 Å². The average molecular weight is 981 g/mol. The molecule has 0 aromatic carbocycles. The largest absolute Gasteiger partial charge is 0.428 e. The molecule has 7 N–H and O–H groups in total. The van der Waals surface area contributed by atoms with Crippen LogP contribution in [0.3, 0.4) is 0 Å². The molecule has 0 spiro atoms. The first-order valence-electron chi connectivity index (χ1n) is 23.4. The molecule has 0 aromatic rings. The molecule has 15 heteroatoms. The predicted octanol–water partition coefficient (Wildman–Crippen LogP) is 1.77. The number of carbonyl (C=O) groups is 4. The molecule has 1 saturated heterocycles. The van der Waals surface area contributed by atoms with E-state index in [2.05, 4.69) is 160 Å². The number of carbonyl (C=O) groups excluding carboxylic acids is 4. The van der Waals surface area contributed by atoms with Crippen LogP contribution in [-0.4, -0.2) is 118 Å². The Morgan fingerprint density at radius 2 is 1.04 bits per heavy atom. The van der Waals surface area contributed by atoms with Crippen LogP contribution >= 0.6 is 0 Å². The van der Waals surface area contributed by atoms with Gasteiger partial charge >= 0.3 is 12.1 Å². The number of esters is 1. The SMILES string of the molecule is CC#CC#CC#CC#CC#CC#CC#CC#CC#CC#CC#CC#CC(=O)N[C@@H](CO[C@H]1OC(CNC(=O)OCOC(=O)CCC(C)=O)[C@H](O)[C@H](O)C1O)[C@H](O)[C@H](O)CCCCCCCCCCCCCC. The maximum Gasteiger partial charge on any atom is 0.410 e. The van der Waals surface area contributed by atoms with Crippen molar-refractivity contribution in [1.82, 2.24) is 10.6 Å². The van der Waals surface area contributed by atoms with Gasteiger partial charge in [-0.1, -0.05) is 89.9 Å². The van der Waals surface area contributed by atoms with Crippen molar-refractivity contribution >= 4 is 23.8 Å². The van der Waals surface area contributed by atoms with Gasteiger partial charge in [0.15, 0.2) is 6.29 Å². The minimum absolute atomic E-state index is 0.0418. The minimum Gasteiger partial charge on any atom is -0.428 e. The monoisotopic (exact) mass is 980 g/mol. The van der Waals surface area contributed by atoms with Crippen molar-refractivity contribution < 1.29 is 63.7 Å². The summed E-state index contributed by atoms with van der Waals surface area (Å²) in [4.78, 5) is 47.8. The second-order valence-corrected chi connectivity index (χ2v) is 15.4. The quantitative estimate of drug-likeness (QED) is 0.0284. The smallest absolute Gasteiger partial charge is 0.410 e. The van der Waals surface area contributed by atoms with Crippen molar-refractivity contribution in [2.24, 2.45) is 0 Å². The maximum absolute atomic E-state index is 12.9. The van der Waals surface area contributed by atoms with Crippen molar-refractivity contribution in [2.75, 3.05) is 19.9 Å². The van der Waals surface area contributed by atoms with Crippen molar-refractivity contribution in [3.05, 3.63) is 0 Å². The second kappa shape index (κ2) is 42.2. The second-order valence-electron chi connectivity index (χ2n) is 15.4. The van der Waals surface area contributed by atoms with Crippen molar-refractivity contribution in [1.29, 1.82) is 0 Å². The predicted molar refractivity (Wildman–Crippen MR) is 267 cm³/mol. The molecule has 2 unspecified atom stereocenters. The Morgan fingerprint density at radius 1 is 0.583 bits per heavy atom. The molecule has 1 rings (SSSR count). The molecule has 1 fully saturated rings. The number of hydrogen-bond acceptors (Lipinski definition) is 13. The summed E-state index contributed by atoms with van der Waals surface area (Å²) in [6.45, 7) is 3.35. The fourth-order valence-corrected chi connectivity index (χ4v) is 5.99. The van der Waals surface area contributed by atoms with Gasteiger partial charge in [0.05, 0.1) is 25.2 Å². The summed E-state index contributed by atoms with van der Waals surface area (Å²) in [7, 11) is 0. The first-order valence-corrected chi connectivity index (χ1v) is 23.4. The van der Waals surface area contributed by atoms with Crippen LogP contribution in [0.2, 0.25) is 0 Å². The topological polar surface area (TPSA) is 230 Å². The van der Waals surface area contributed by atoms with Crippen molar-refractivity contribution in [3.63, 3.8) is 0 Å². The molecule has 2 amide bonds. The van der Waals surface area contributed by atoms with Crippen molar-refractivity contribution in [2.45, 2.75) is 166 Å². The van der Waals surface area contributed by atoms with Gasteiger partial charge in [0.2, 0.25) is 6.79 Å². The van der Waals surface area contributed by atoms with Gasteiger partial charge in [0.1, 0.15) is 36.3 Å². The van der Waals surface area contributed by atoms with Crippen LogP contribution in [0.15, 0.2) is 0 Å². The van der Waals surface area contributed by atoms with Gasteiger partial charge in [0.25, 0.3) is 5.91 Å². The van der Waals surface area contributed by atoms with E-state index in [-0.39, 0.29) is 25.0 Å². The lowest BCUT2D eigenvalue weighted by Gasteiger charge is -2.41. The number of amides is 2. The summed E-state index contributed by atoms with van der Waals surface area (Å²) < 4.78 is 20.8. The Balaban J connectivity index is 2.91. The van der Waals surface area contributed by atoms with Crippen LogP contribution in [0.5, 0.6) is 0 Å². The number of nitrogens with one attached hydrogen (secondary N) is 2. The lowest BCUT2D eigenvalue weighted by Crippen LogP contribution is -2.61. The molecule has 8 atom stereocenters. The van der Waals surface area contributed by atoms with Gasteiger partial charge in [-0.2, -0.15) is 0 Å². The van der Waals surface area contributed by atoms with E-state index in [1.165, 1.54) is 51.9 Å². The standard InChI is InChI=1S/C57H60N2O13/c1-4-6-8-10-12-14-16-18-19-20-21-22-23-24-25-26-27-28-30-32-34-36-38-40-50(62)59-47(52(64)48(61)39-37-35-33-31-29-17-15-13-11-9-7-5-2)44-69-56-55(67)54(66)53(65)49(72-56)43-58-57(68)71-45-70-51(63)42-41-46(3)60/h47-49,52-56,61,64-67H,5,7,9,11,13,15,17,29,31,33,35,37,39,41-45H2,1-3H3,(H,58,68)(H,59,62)/t47-,48+,49?,52-,53-,54-,55?,56-/m0/s1. The fourth-order valence-electron chi connectivity index (χ4n) is 5.99. The molecule has 1 aliphatic rings. The lowest BCUT2D eigenvalue weighted by molar-refractivity contribution is -0.297. The van der Waals surface area contributed by atoms with E-state index in [9.17, 15) is 44.7 Å². The third kappa shape index (κ3) is 33.0. The Labute approximate surface area is 424 Å². The number of rotatable bonds is 26. The normalized spacial score (nSPS) is 16.5. The van der Waals surface area contributed by atoms with E-state index in [0.29, 0.717) is 6.42 Å². The van der Waals surface area contributed by atoms with E-state index in [0.717, 1.165) is 25.7 Å². The molecule has 72 heavy (non-hydrogen) atoms. The Bertz CT molecular complexity index is 2570. The number of ketones is 1. The number of Topliss-reactive ketones (excluding diaryl/α,β-unsaturated/α-hetero) is 1. The third-order valence-corrected chi connectivity index (χ3v) is 9.74. The summed E-state index contributed by atoms with van der Waals surface area (Å²) in [6.07, 6.45) is 0.808. The molecule has 1 aliphatic heterocycles. The zero-order valence-corrected chi connectivity index (χ0v) is 40.8. The van der Waals surface area contributed by atoms with E-state index >= 15 is 0 Å². The number of hydrogen-bond donors (Lipinski definition) is 7. The van der Waals surface area contributed by atoms with Crippen molar-refractivity contribution in [3.8, 4) is 142 Å². The molecule has 0 radical (unpaired) electrons. The minimum atomic E-state index is -1.83. The lowest BCUT2D eigenvalue weighted by atomic mass is 9.98. The number of aliphatic hydroxyl groups excluding tert-OH is 5. The molecule has 1 heterocycles. The summed E-state index contributed by atoms with van der Waals surface area (Å²) >= 11 is 0. The third-order valence-electron chi connectivity index (χ3n) is 9.74. The number of ether oxygens (including phenoxy) is 4. The van der Waals surface area contributed by atoms with Crippen LogP contribution in [-0.2, 0) is 33.3 Å². The van der Waals surface area contributed by atoms with Gasteiger partial charge in [-0.25, -0.2) is 4.79 Å². The number of alkyl carbamates (subject to hydrolysis) is 1. The molecular formula is C57H60N2O13. The Kier molecular flexibility index (Phi) is 36.6. The fraction of sp³-hybridized carbons (Fsp3) is 0.509. The number of aliphatic hydroxyl groups is 5. The highest BCUT2D eigenvalue weighted by molar-refractivity contribution is 5.94. The first-order chi connectivity index (χ1) is 34.9. The van der Waals surface area contributed by atoms with Gasteiger partial charge in [-0.15, -0.1) is 0 Å². The summed E-state index contributed by atoms with van der Waals surface area (Å²) in [5.74, 6) is 57.2. The zero-order chi connectivity index (χ0) is 52.9. The van der Waals surface area contributed by atoms with E-state index in [4.69, 9.17) is 18.9 Å². The van der Waals surface area contributed by atoms with E-state index in [1.807, 2.05) is 0 Å². The molecular weight excluding hydrogens is 921 g/mol. The molecule has 15 nitrogen and oxygen atoms in total. The molecule has 376 valence electrons.